The second-order valence-electron chi connectivity index (χ2n) is 10.7. The van der Waals surface area contributed by atoms with E-state index in [9.17, 15) is 19.2 Å². The summed E-state index contributed by atoms with van der Waals surface area (Å²) in [4.78, 5) is 49.0. The fourth-order valence-corrected chi connectivity index (χ4v) is 5.83. The van der Waals surface area contributed by atoms with Gasteiger partial charge in [-0.3, -0.25) is 19.2 Å². The molecule has 2 heterocycles. The van der Waals surface area contributed by atoms with Crippen molar-refractivity contribution in [2.45, 2.75) is 46.2 Å². The molecule has 2 aromatic carbocycles. The number of ketones is 1. The van der Waals surface area contributed by atoms with Gasteiger partial charge in [0.25, 0.3) is 0 Å². The van der Waals surface area contributed by atoms with Gasteiger partial charge in [0, 0.05) is 54.1 Å². The smallest absolute Gasteiger partial charge is 0.306 e. The Hall–Kier alpha value is -4.46. The molecule has 0 saturated heterocycles. The van der Waals surface area contributed by atoms with Crippen LogP contribution in [0.5, 0.6) is 23.0 Å². The predicted molar refractivity (Wildman–Crippen MR) is 158 cm³/mol. The molecule has 3 aromatic rings. The second kappa shape index (κ2) is 14.1. The Bertz CT molecular complexity index is 1640. The van der Waals surface area contributed by atoms with Crippen molar-refractivity contribution >= 4 is 45.1 Å². The normalized spacial score (nSPS) is 13.7. The maximum absolute atomic E-state index is 15.5. The first kappa shape index (κ1) is 33.4. The zero-order valence-corrected chi connectivity index (χ0v) is 25.9. The summed E-state index contributed by atoms with van der Waals surface area (Å²) in [5.41, 5.74) is 0.786. The number of rotatable bonds is 15. The molecule has 0 bridgehead atoms. The average molecular weight is 650 g/mol. The van der Waals surface area contributed by atoms with Crippen LogP contribution in [0.2, 0.25) is 0 Å². The molecule has 4 rings (SSSR count). The van der Waals surface area contributed by atoms with Gasteiger partial charge in [-0.05, 0) is 17.7 Å². The highest BCUT2D eigenvalue weighted by molar-refractivity contribution is 7.20. The molecule has 242 valence electrons. The fraction of sp³-hybridized carbons (Fsp3) is 0.419. The van der Waals surface area contributed by atoms with Crippen molar-refractivity contribution in [1.82, 2.24) is 4.90 Å². The molecule has 0 saturated carbocycles. The molecule has 0 aliphatic carbocycles. The molecule has 0 fully saturated rings. The SMILES string of the molecule is COc1cc2c(c(F)c1OCCCOc1c(OC)cc3sc(C(=O)C[C@H](C)C(=O)O)cc3c1F)CN(C(=O)C[C@H](C)C(=O)O)C2. The molecular formula is C31H33F2NO10S. The molecule has 45 heavy (non-hydrogen) atoms. The Morgan fingerprint density at radius 3 is 2.04 bits per heavy atom. The summed E-state index contributed by atoms with van der Waals surface area (Å²) < 4.78 is 53.4. The second-order valence-corrected chi connectivity index (χ2v) is 11.8. The van der Waals surface area contributed by atoms with Crippen molar-refractivity contribution in [3.05, 3.63) is 45.8 Å². The van der Waals surface area contributed by atoms with E-state index in [2.05, 4.69) is 0 Å². The Kier molecular flexibility index (Phi) is 10.5. The third-order valence-corrected chi connectivity index (χ3v) is 8.56. The highest BCUT2D eigenvalue weighted by Crippen LogP contribution is 2.41. The van der Waals surface area contributed by atoms with Crippen molar-refractivity contribution in [3.63, 3.8) is 0 Å². The number of hydrogen-bond acceptors (Lipinski definition) is 9. The first-order chi connectivity index (χ1) is 21.4. The molecule has 1 amide bonds. The van der Waals surface area contributed by atoms with Gasteiger partial charge in [-0.25, -0.2) is 8.78 Å². The van der Waals surface area contributed by atoms with E-state index in [1.165, 1.54) is 45.1 Å². The molecule has 2 N–H and O–H groups in total. The van der Waals surface area contributed by atoms with E-state index in [4.69, 9.17) is 29.2 Å². The number of nitrogens with zero attached hydrogens (tertiary/aromatic N) is 1. The van der Waals surface area contributed by atoms with Gasteiger partial charge >= 0.3 is 11.9 Å². The monoisotopic (exact) mass is 649 g/mol. The first-order valence-electron chi connectivity index (χ1n) is 14.1. The number of aliphatic carboxylic acids is 2. The number of methoxy groups -OCH3 is 2. The molecule has 1 aliphatic rings. The van der Waals surface area contributed by atoms with Gasteiger partial charge in [-0.2, -0.15) is 0 Å². The van der Waals surface area contributed by atoms with E-state index in [0.29, 0.717) is 10.3 Å². The molecule has 0 spiro atoms. The number of Topliss-reactive ketones (excluding diaryl/α,β-unsaturated/α-hetero) is 1. The number of carbonyl (C=O) groups is 4. The van der Waals surface area contributed by atoms with Crippen molar-refractivity contribution in [2.24, 2.45) is 11.8 Å². The number of thiophene rings is 1. The van der Waals surface area contributed by atoms with E-state index in [-0.39, 0.29) is 84.4 Å². The molecule has 2 atom stereocenters. The molecule has 14 heteroatoms. The number of amides is 1. The number of benzene rings is 2. The number of carbonyl (C=O) groups excluding carboxylic acids is 2. The summed E-state index contributed by atoms with van der Waals surface area (Å²) in [7, 11) is 2.69. The lowest BCUT2D eigenvalue weighted by Crippen LogP contribution is -2.28. The largest absolute Gasteiger partial charge is 0.493 e. The van der Waals surface area contributed by atoms with Crippen LogP contribution in [-0.4, -0.2) is 66.2 Å². The number of ether oxygens (including phenoxy) is 4. The standard InChI is InChI=1S/C31H33F2NO10S/c1-15(30(37)38)8-20(35)24-11-18-23(45-24)12-22(42-4)29(26(18)32)44-7-5-6-43-28-21(41-3)10-17-13-34(14-19(17)27(28)33)25(36)9-16(2)31(39)40/h10-12,15-16H,5-9,13-14H2,1-4H3,(H,37,38)(H,39,40)/t15-,16-/m0/s1. The average Bonchev–Trinajstić information content (AvgIpc) is 3.63. The predicted octanol–water partition coefficient (Wildman–Crippen LogP) is 5.29. The minimum atomic E-state index is -1.10. The van der Waals surface area contributed by atoms with E-state index in [1.54, 1.807) is 6.07 Å². The maximum atomic E-state index is 15.5. The first-order valence-corrected chi connectivity index (χ1v) is 14.9. The van der Waals surface area contributed by atoms with Crippen molar-refractivity contribution < 1.29 is 57.1 Å². The van der Waals surface area contributed by atoms with Crippen molar-refractivity contribution in [1.29, 1.82) is 0 Å². The van der Waals surface area contributed by atoms with Crippen LogP contribution in [0.4, 0.5) is 8.78 Å². The van der Waals surface area contributed by atoms with E-state index >= 15 is 8.78 Å². The third-order valence-electron chi connectivity index (χ3n) is 7.44. The van der Waals surface area contributed by atoms with Gasteiger partial charge < -0.3 is 34.1 Å². The van der Waals surface area contributed by atoms with Gasteiger partial charge in [0.15, 0.2) is 40.4 Å². The zero-order chi connectivity index (χ0) is 33.0. The van der Waals surface area contributed by atoms with Crippen LogP contribution in [0.3, 0.4) is 0 Å². The Morgan fingerprint density at radius 1 is 0.867 bits per heavy atom. The van der Waals surface area contributed by atoms with Crippen molar-refractivity contribution in [2.75, 3.05) is 27.4 Å². The van der Waals surface area contributed by atoms with Gasteiger partial charge in [-0.15, -0.1) is 11.3 Å². The quantitative estimate of drug-likeness (QED) is 0.164. The Balaban J connectivity index is 1.40. The minimum absolute atomic E-state index is 0.0319. The van der Waals surface area contributed by atoms with Crippen LogP contribution in [-0.2, 0) is 27.5 Å². The van der Waals surface area contributed by atoms with Crippen molar-refractivity contribution in [3.8, 4) is 23.0 Å². The molecule has 0 unspecified atom stereocenters. The van der Waals surface area contributed by atoms with Crippen LogP contribution in [0.1, 0.15) is 53.9 Å². The summed E-state index contributed by atoms with van der Waals surface area (Å²) in [6.07, 6.45) is -0.220. The maximum Gasteiger partial charge on any atom is 0.306 e. The lowest BCUT2D eigenvalue weighted by atomic mass is 10.0. The number of carboxylic acid groups (broad SMARTS) is 2. The van der Waals surface area contributed by atoms with E-state index in [1.807, 2.05) is 0 Å². The third kappa shape index (κ3) is 7.27. The lowest BCUT2D eigenvalue weighted by molar-refractivity contribution is -0.145. The van der Waals surface area contributed by atoms with Crippen LogP contribution in [0, 0.1) is 23.5 Å². The Morgan fingerprint density at radius 2 is 1.44 bits per heavy atom. The fourth-order valence-electron chi connectivity index (χ4n) is 4.80. The van der Waals surface area contributed by atoms with Gasteiger partial charge in [0.2, 0.25) is 5.91 Å². The Labute approximate surface area is 261 Å². The summed E-state index contributed by atoms with van der Waals surface area (Å²) >= 11 is 1.03. The van der Waals surface area contributed by atoms with E-state index < -0.39 is 47.1 Å². The molecular weight excluding hydrogens is 616 g/mol. The summed E-state index contributed by atoms with van der Waals surface area (Å²) in [5.74, 6) is -6.29. The van der Waals surface area contributed by atoms with Crippen LogP contribution in [0.15, 0.2) is 18.2 Å². The minimum Gasteiger partial charge on any atom is -0.493 e. The van der Waals surface area contributed by atoms with Gasteiger partial charge in [0.1, 0.15) is 0 Å². The number of hydrogen-bond donors (Lipinski definition) is 2. The van der Waals surface area contributed by atoms with Crippen LogP contribution in [0.25, 0.3) is 10.1 Å². The molecule has 0 radical (unpaired) electrons. The van der Waals surface area contributed by atoms with Crippen LogP contribution >= 0.6 is 11.3 Å². The summed E-state index contributed by atoms with van der Waals surface area (Å²) in [6, 6.07) is 4.48. The zero-order valence-electron chi connectivity index (χ0n) is 25.1. The highest BCUT2D eigenvalue weighted by Gasteiger charge is 2.31. The summed E-state index contributed by atoms with van der Waals surface area (Å²) in [5, 5.41) is 18.3. The lowest BCUT2D eigenvalue weighted by Gasteiger charge is -2.16. The van der Waals surface area contributed by atoms with Gasteiger partial charge in [-0.1, -0.05) is 13.8 Å². The number of fused-ring (bicyclic) bond motifs is 2. The molecule has 1 aromatic heterocycles. The number of halogens is 2. The number of carboxylic acids is 2. The van der Waals surface area contributed by atoms with Gasteiger partial charge in [0.05, 0.1) is 44.1 Å². The highest BCUT2D eigenvalue weighted by atomic mass is 32.1. The summed E-state index contributed by atoms with van der Waals surface area (Å²) in [6.45, 7) is 2.86. The molecule has 1 aliphatic heterocycles. The van der Waals surface area contributed by atoms with E-state index in [0.717, 1.165) is 11.3 Å². The molecule has 11 nitrogen and oxygen atoms in total. The van der Waals surface area contributed by atoms with Crippen LogP contribution < -0.4 is 18.9 Å². The topological polar surface area (TPSA) is 149 Å².